The highest BCUT2D eigenvalue weighted by atomic mass is 35.5. The van der Waals surface area contributed by atoms with Gasteiger partial charge in [0.2, 0.25) is 11.8 Å². The van der Waals surface area contributed by atoms with Gasteiger partial charge in [0.25, 0.3) is 0 Å². The quantitative estimate of drug-likeness (QED) is 0.785. The van der Waals surface area contributed by atoms with E-state index in [1.54, 1.807) is 18.2 Å². The summed E-state index contributed by atoms with van der Waals surface area (Å²) in [5, 5.41) is 2.86. The van der Waals surface area contributed by atoms with E-state index in [4.69, 9.17) is 11.5 Å². The first-order valence-corrected chi connectivity index (χ1v) is 6.97. The van der Waals surface area contributed by atoms with Crippen molar-refractivity contribution in [2.75, 3.05) is 0 Å². The van der Waals surface area contributed by atoms with E-state index in [9.17, 15) is 9.59 Å². The summed E-state index contributed by atoms with van der Waals surface area (Å²) < 4.78 is 0. The van der Waals surface area contributed by atoms with Crippen LogP contribution in [-0.4, -0.2) is 17.4 Å². The minimum Gasteiger partial charge on any atom is -0.366 e. The molecule has 1 aliphatic carbocycles. The topological polar surface area (TPSA) is 98.2 Å². The van der Waals surface area contributed by atoms with E-state index in [0.717, 1.165) is 37.7 Å². The lowest BCUT2D eigenvalue weighted by atomic mass is 9.82. The van der Waals surface area contributed by atoms with Gasteiger partial charge < -0.3 is 16.8 Å². The van der Waals surface area contributed by atoms with Crippen LogP contribution in [0.2, 0.25) is 0 Å². The Labute approximate surface area is 130 Å². The Morgan fingerprint density at radius 3 is 2.48 bits per heavy atom. The van der Waals surface area contributed by atoms with Crippen LogP contribution in [0.3, 0.4) is 0 Å². The van der Waals surface area contributed by atoms with Crippen molar-refractivity contribution >= 4 is 24.2 Å². The third-order valence-electron chi connectivity index (χ3n) is 3.86. The van der Waals surface area contributed by atoms with Gasteiger partial charge in [-0.2, -0.15) is 0 Å². The normalized spacial score (nSPS) is 16.6. The van der Waals surface area contributed by atoms with Gasteiger partial charge >= 0.3 is 0 Å². The van der Waals surface area contributed by atoms with Crippen LogP contribution in [0.1, 0.15) is 48.0 Å². The van der Waals surface area contributed by atoms with Gasteiger partial charge in [-0.25, -0.2) is 0 Å². The molecule has 0 spiro atoms. The predicted molar refractivity (Wildman–Crippen MR) is 84.1 cm³/mol. The molecule has 2 rings (SSSR count). The number of nitrogens with two attached hydrogens (primary N) is 2. The van der Waals surface area contributed by atoms with Gasteiger partial charge in [0.05, 0.1) is 5.54 Å². The molecule has 0 aromatic heterocycles. The molecule has 116 valence electrons. The van der Waals surface area contributed by atoms with Gasteiger partial charge in [0, 0.05) is 12.1 Å². The molecule has 6 heteroatoms. The van der Waals surface area contributed by atoms with E-state index in [0.29, 0.717) is 12.1 Å². The molecule has 21 heavy (non-hydrogen) atoms. The van der Waals surface area contributed by atoms with Gasteiger partial charge in [-0.1, -0.05) is 31.4 Å². The van der Waals surface area contributed by atoms with Crippen LogP contribution in [0.5, 0.6) is 0 Å². The second-order valence-corrected chi connectivity index (χ2v) is 5.46. The van der Waals surface area contributed by atoms with Crippen LogP contribution >= 0.6 is 12.4 Å². The molecule has 1 aromatic rings. The number of carbonyl (C=O) groups excluding carboxylic acids is 2. The number of amides is 2. The fraction of sp³-hybridized carbons (Fsp3) is 0.467. The predicted octanol–water partition coefficient (Wildman–Crippen LogP) is 1.49. The summed E-state index contributed by atoms with van der Waals surface area (Å²) >= 11 is 0. The van der Waals surface area contributed by atoms with Crippen molar-refractivity contribution in [1.29, 1.82) is 0 Å². The minimum atomic E-state index is -0.737. The second-order valence-electron chi connectivity index (χ2n) is 5.46. The minimum absolute atomic E-state index is 0. The lowest BCUT2D eigenvalue weighted by molar-refractivity contribution is -0.127. The van der Waals surface area contributed by atoms with E-state index in [2.05, 4.69) is 5.32 Å². The number of benzene rings is 1. The Morgan fingerprint density at radius 1 is 1.19 bits per heavy atom. The molecule has 0 radical (unpaired) electrons. The van der Waals surface area contributed by atoms with Crippen molar-refractivity contribution in [3.05, 3.63) is 35.4 Å². The molecular formula is C15H22ClN3O2. The molecule has 1 saturated carbocycles. The molecule has 1 aromatic carbocycles. The first-order valence-electron chi connectivity index (χ1n) is 6.97. The second kappa shape index (κ2) is 7.43. The van der Waals surface area contributed by atoms with Gasteiger partial charge in [0.15, 0.2) is 0 Å². The summed E-state index contributed by atoms with van der Waals surface area (Å²) in [5.41, 5.74) is 11.9. The molecular weight excluding hydrogens is 290 g/mol. The molecule has 0 unspecified atom stereocenters. The summed E-state index contributed by atoms with van der Waals surface area (Å²) in [7, 11) is 0. The zero-order chi connectivity index (χ0) is 14.6. The lowest BCUT2D eigenvalue weighted by Gasteiger charge is -2.31. The van der Waals surface area contributed by atoms with Crippen molar-refractivity contribution in [2.45, 2.75) is 44.2 Å². The van der Waals surface area contributed by atoms with Crippen LogP contribution in [0, 0.1) is 0 Å². The number of carbonyl (C=O) groups is 2. The molecule has 5 nitrogen and oxygen atoms in total. The van der Waals surface area contributed by atoms with E-state index < -0.39 is 11.4 Å². The largest absolute Gasteiger partial charge is 0.366 e. The van der Waals surface area contributed by atoms with Crippen molar-refractivity contribution in [1.82, 2.24) is 5.32 Å². The number of primary amides is 1. The van der Waals surface area contributed by atoms with Crippen LogP contribution < -0.4 is 16.8 Å². The Morgan fingerprint density at radius 2 is 1.86 bits per heavy atom. The van der Waals surface area contributed by atoms with Crippen molar-refractivity contribution in [3.8, 4) is 0 Å². The fourth-order valence-corrected chi connectivity index (χ4v) is 2.60. The van der Waals surface area contributed by atoms with Crippen LogP contribution in [0.4, 0.5) is 0 Å². The molecule has 1 aliphatic rings. The lowest BCUT2D eigenvalue weighted by Crippen LogP contribution is -2.54. The summed E-state index contributed by atoms with van der Waals surface area (Å²) in [6.45, 7) is 0.360. The van der Waals surface area contributed by atoms with E-state index >= 15 is 0 Å². The SMILES string of the molecule is Cl.NC(=O)c1cccc(CNC(=O)C2(N)CCCCC2)c1. The molecule has 2 amide bonds. The van der Waals surface area contributed by atoms with Gasteiger partial charge in [-0.05, 0) is 30.5 Å². The highest BCUT2D eigenvalue weighted by molar-refractivity contribution is 5.93. The number of hydrogen-bond acceptors (Lipinski definition) is 3. The van der Waals surface area contributed by atoms with Crippen LogP contribution in [0.15, 0.2) is 24.3 Å². The van der Waals surface area contributed by atoms with Crippen LogP contribution in [0.25, 0.3) is 0 Å². The monoisotopic (exact) mass is 311 g/mol. The maximum Gasteiger partial charge on any atom is 0.248 e. The number of rotatable bonds is 4. The maximum atomic E-state index is 12.2. The molecule has 0 aliphatic heterocycles. The Hall–Kier alpha value is -1.59. The average Bonchev–Trinajstić information content (AvgIpc) is 2.45. The van der Waals surface area contributed by atoms with Gasteiger partial charge in [-0.3, -0.25) is 9.59 Å². The molecule has 0 saturated heterocycles. The zero-order valence-electron chi connectivity index (χ0n) is 11.9. The van der Waals surface area contributed by atoms with Crippen molar-refractivity contribution in [2.24, 2.45) is 11.5 Å². The number of nitrogens with one attached hydrogen (secondary N) is 1. The molecule has 0 heterocycles. The summed E-state index contributed by atoms with van der Waals surface area (Å²) in [6.07, 6.45) is 4.62. The van der Waals surface area contributed by atoms with Gasteiger partial charge in [0.1, 0.15) is 0 Å². The molecule has 5 N–H and O–H groups in total. The summed E-state index contributed by atoms with van der Waals surface area (Å²) in [5.74, 6) is -0.581. The smallest absolute Gasteiger partial charge is 0.248 e. The third-order valence-corrected chi connectivity index (χ3v) is 3.86. The highest BCUT2D eigenvalue weighted by Gasteiger charge is 2.34. The Kier molecular flexibility index (Phi) is 6.18. The zero-order valence-corrected chi connectivity index (χ0v) is 12.7. The first kappa shape index (κ1) is 17.5. The molecule has 1 fully saturated rings. The Bertz CT molecular complexity index is 513. The standard InChI is InChI=1S/C15H21N3O2.ClH/c16-13(19)12-6-4-5-11(9-12)10-18-14(20)15(17)7-2-1-3-8-15;/h4-6,9H,1-3,7-8,10,17H2,(H2,16,19)(H,18,20);1H. The third kappa shape index (κ3) is 4.44. The van der Waals surface area contributed by atoms with E-state index in [1.807, 2.05) is 6.07 Å². The van der Waals surface area contributed by atoms with E-state index in [1.165, 1.54) is 0 Å². The fourth-order valence-electron chi connectivity index (χ4n) is 2.60. The number of halogens is 1. The number of hydrogen-bond donors (Lipinski definition) is 3. The average molecular weight is 312 g/mol. The molecule has 0 atom stereocenters. The molecule has 0 bridgehead atoms. The van der Waals surface area contributed by atoms with Gasteiger partial charge in [-0.15, -0.1) is 12.4 Å². The maximum absolute atomic E-state index is 12.2. The highest BCUT2D eigenvalue weighted by Crippen LogP contribution is 2.26. The summed E-state index contributed by atoms with van der Waals surface area (Å²) in [4.78, 5) is 23.3. The van der Waals surface area contributed by atoms with Crippen molar-refractivity contribution < 1.29 is 9.59 Å². The van der Waals surface area contributed by atoms with E-state index in [-0.39, 0.29) is 18.3 Å². The Balaban J connectivity index is 0.00000220. The van der Waals surface area contributed by atoms with Crippen molar-refractivity contribution in [3.63, 3.8) is 0 Å². The first-order chi connectivity index (χ1) is 9.51. The van der Waals surface area contributed by atoms with Crippen LogP contribution in [-0.2, 0) is 11.3 Å². The summed E-state index contributed by atoms with van der Waals surface area (Å²) in [6, 6.07) is 6.93.